The van der Waals surface area contributed by atoms with E-state index in [1.54, 1.807) is 11.1 Å². The normalized spacial score (nSPS) is 22.9. The van der Waals surface area contributed by atoms with Crippen LogP contribution in [-0.4, -0.2) is 0 Å². The Morgan fingerprint density at radius 3 is 3.00 bits per heavy atom. The van der Waals surface area contributed by atoms with Gasteiger partial charge in [0.15, 0.2) is 0 Å². The van der Waals surface area contributed by atoms with Gasteiger partial charge in [0, 0.05) is 0 Å². The first-order valence-corrected chi connectivity index (χ1v) is 6.38. The van der Waals surface area contributed by atoms with Crippen LogP contribution in [0.1, 0.15) is 49.7 Å². The molecule has 1 aromatic carbocycles. The highest BCUT2D eigenvalue weighted by molar-refractivity contribution is 5.81. The molecule has 0 saturated carbocycles. The molecule has 0 heterocycles. The monoisotopic (exact) mass is 210 g/mol. The quantitative estimate of drug-likeness (QED) is 0.631. The number of allylic oxidation sites excluding steroid dienone is 4. The van der Waals surface area contributed by atoms with Crippen LogP contribution >= 0.6 is 0 Å². The highest BCUT2D eigenvalue weighted by Crippen LogP contribution is 2.43. The maximum atomic E-state index is 2.34. The number of hydrogen-bond acceptors (Lipinski definition) is 0. The van der Waals surface area contributed by atoms with Gasteiger partial charge in [-0.15, -0.1) is 0 Å². The van der Waals surface area contributed by atoms with Crippen molar-refractivity contribution in [2.24, 2.45) is 0 Å². The molecule has 3 rings (SSSR count). The Morgan fingerprint density at radius 1 is 1.25 bits per heavy atom. The van der Waals surface area contributed by atoms with Crippen LogP contribution in [0.3, 0.4) is 0 Å². The molecular weight excluding hydrogens is 192 g/mol. The lowest BCUT2D eigenvalue weighted by molar-refractivity contribution is 0.629. The van der Waals surface area contributed by atoms with Gasteiger partial charge >= 0.3 is 0 Å². The zero-order valence-electron chi connectivity index (χ0n) is 9.87. The van der Waals surface area contributed by atoms with Crippen LogP contribution in [0, 0.1) is 0 Å². The van der Waals surface area contributed by atoms with Gasteiger partial charge in [0.1, 0.15) is 0 Å². The molecule has 82 valence electrons. The van der Waals surface area contributed by atoms with Gasteiger partial charge < -0.3 is 0 Å². The van der Waals surface area contributed by atoms with Gasteiger partial charge in [0.25, 0.3) is 0 Å². The molecule has 0 saturated heterocycles. The highest BCUT2D eigenvalue weighted by atomic mass is 14.3. The van der Waals surface area contributed by atoms with Crippen LogP contribution in [0.15, 0.2) is 42.0 Å². The standard InChI is InChI=1S/C16H18/c1-2-12-11-13-7-3-4-9-15(13)16-10-6-5-8-14(12)16/h4-6,8-10,12H,2-3,7,11H2,1H3/t12-/m0/s1. The summed E-state index contributed by atoms with van der Waals surface area (Å²) in [6, 6.07) is 8.96. The first-order valence-electron chi connectivity index (χ1n) is 6.38. The summed E-state index contributed by atoms with van der Waals surface area (Å²) in [5.41, 5.74) is 6.27. The van der Waals surface area contributed by atoms with Gasteiger partial charge in [0.05, 0.1) is 0 Å². The zero-order chi connectivity index (χ0) is 11.0. The largest absolute Gasteiger partial charge is 0.0836 e. The Hall–Kier alpha value is -1.30. The van der Waals surface area contributed by atoms with Crippen molar-refractivity contribution in [1.29, 1.82) is 0 Å². The Balaban J connectivity index is 2.16. The molecule has 0 bridgehead atoms. The summed E-state index contributed by atoms with van der Waals surface area (Å²) >= 11 is 0. The third kappa shape index (κ3) is 1.44. The summed E-state index contributed by atoms with van der Waals surface area (Å²) in [5.74, 6) is 0.751. The average molecular weight is 210 g/mol. The fraction of sp³-hybridized carbons (Fsp3) is 0.375. The molecule has 0 amide bonds. The predicted octanol–water partition coefficient (Wildman–Crippen LogP) is 4.69. The maximum Gasteiger partial charge on any atom is -0.0121 e. The van der Waals surface area contributed by atoms with Gasteiger partial charge in [-0.3, -0.25) is 0 Å². The molecular formula is C16H18. The number of rotatable bonds is 1. The van der Waals surface area contributed by atoms with E-state index in [1.807, 2.05) is 0 Å². The third-order valence-electron chi connectivity index (χ3n) is 3.95. The first kappa shape index (κ1) is 9.89. The van der Waals surface area contributed by atoms with Crippen molar-refractivity contribution in [3.05, 3.63) is 53.1 Å². The molecule has 0 heteroatoms. The number of hydrogen-bond donors (Lipinski definition) is 0. The molecule has 1 atom stereocenters. The minimum Gasteiger partial charge on any atom is -0.0836 e. The second-order valence-corrected chi connectivity index (χ2v) is 4.85. The topological polar surface area (TPSA) is 0 Å². The number of fused-ring (bicyclic) bond motifs is 2. The highest BCUT2D eigenvalue weighted by Gasteiger charge is 2.24. The lowest BCUT2D eigenvalue weighted by Crippen LogP contribution is -2.11. The lowest BCUT2D eigenvalue weighted by atomic mass is 9.75. The predicted molar refractivity (Wildman–Crippen MR) is 69.4 cm³/mol. The summed E-state index contributed by atoms with van der Waals surface area (Å²) in [7, 11) is 0. The molecule has 0 radical (unpaired) electrons. The van der Waals surface area contributed by atoms with Crippen LogP contribution in [0.25, 0.3) is 5.57 Å². The SMILES string of the molecule is CC[C@H]1CC2=C(C=CCC2)c2ccccc21. The molecule has 0 nitrogen and oxygen atoms in total. The van der Waals surface area contributed by atoms with E-state index < -0.39 is 0 Å². The molecule has 1 aromatic rings. The molecule has 0 fully saturated rings. The van der Waals surface area contributed by atoms with Crippen molar-refractivity contribution in [2.75, 3.05) is 0 Å². The molecule has 16 heavy (non-hydrogen) atoms. The molecule has 0 unspecified atom stereocenters. The number of benzene rings is 1. The Bertz CT molecular complexity index is 463. The van der Waals surface area contributed by atoms with E-state index in [-0.39, 0.29) is 0 Å². The van der Waals surface area contributed by atoms with Crippen molar-refractivity contribution in [1.82, 2.24) is 0 Å². The van der Waals surface area contributed by atoms with Crippen molar-refractivity contribution in [3.63, 3.8) is 0 Å². The van der Waals surface area contributed by atoms with Gasteiger partial charge in [-0.2, -0.15) is 0 Å². The molecule has 0 N–H and O–H groups in total. The van der Waals surface area contributed by atoms with Crippen LogP contribution in [0.5, 0.6) is 0 Å². The summed E-state index contributed by atoms with van der Waals surface area (Å²) in [5, 5.41) is 0. The van der Waals surface area contributed by atoms with E-state index in [1.165, 1.54) is 36.8 Å². The summed E-state index contributed by atoms with van der Waals surface area (Å²) < 4.78 is 0. The van der Waals surface area contributed by atoms with Gasteiger partial charge in [-0.05, 0) is 48.3 Å². The van der Waals surface area contributed by atoms with Crippen molar-refractivity contribution in [3.8, 4) is 0 Å². The summed E-state index contributed by atoms with van der Waals surface area (Å²) in [6.45, 7) is 2.31. The van der Waals surface area contributed by atoms with Crippen molar-refractivity contribution in [2.45, 2.75) is 38.5 Å². The summed E-state index contributed by atoms with van der Waals surface area (Å²) in [4.78, 5) is 0. The van der Waals surface area contributed by atoms with E-state index in [4.69, 9.17) is 0 Å². The van der Waals surface area contributed by atoms with Crippen LogP contribution in [-0.2, 0) is 0 Å². The second kappa shape index (κ2) is 3.93. The van der Waals surface area contributed by atoms with Gasteiger partial charge in [-0.25, -0.2) is 0 Å². The van der Waals surface area contributed by atoms with E-state index in [0.29, 0.717) is 0 Å². The minimum atomic E-state index is 0.751. The van der Waals surface area contributed by atoms with Gasteiger partial charge in [-0.1, -0.05) is 48.9 Å². The third-order valence-corrected chi connectivity index (χ3v) is 3.95. The van der Waals surface area contributed by atoms with Crippen molar-refractivity contribution < 1.29 is 0 Å². The Morgan fingerprint density at radius 2 is 2.12 bits per heavy atom. The molecule has 0 aliphatic heterocycles. The van der Waals surface area contributed by atoms with E-state index in [2.05, 4.69) is 43.3 Å². The van der Waals surface area contributed by atoms with Crippen LogP contribution in [0.2, 0.25) is 0 Å². The van der Waals surface area contributed by atoms with E-state index in [0.717, 1.165) is 5.92 Å². The zero-order valence-corrected chi connectivity index (χ0v) is 9.87. The molecule has 2 aliphatic rings. The molecule has 2 aliphatic carbocycles. The minimum absolute atomic E-state index is 0.751. The summed E-state index contributed by atoms with van der Waals surface area (Å²) in [6.07, 6.45) is 9.71. The van der Waals surface area contributed by atoms with Gasteiger partial charge in [0.2, 0.25) is 0 Å². The van der Waals surface area contributed by atoms with E-state index in [9.17, 15) is 0 Å². The second-order valence-electron chi connectivity index (χ2n) is 4.85. The first-order chi connectivity index (χ1) is 7.90. The average Bonchev–Trinajstić information content (AvgIpc) is 2.38. The maximum absolute atomic E-state index is 2.34. The van der Waals surface area contributed by atoms with Crippen LogP contribution in [0.4, 0.5) is 0 Å². The van der Waals surface area contributed by atoms with Crippen molar-refractivity contribution >= 4 is 5.57 Å². The molecule has 0 spiro atoms. The Labute approximate surface area is 97.7 Å². The fourth-order valence-corrected chi connectivity index (χ4v) is 3.07. The van der Waals surface area contributed by atoms with Crippen LogP contribution < -0.4 is 0 Å². The lowest BCUT2D eigenvalue weighted by Gasteiger charge is -2.30. The molecule has 0 aromatic heterocycles. The van der Waals surface area contributed by atoms with E-state index >= 15 is 0 Å². The fourth-order valence-electron chi connectivity index (χ4n) is 3.07. The smallest absolute Gasteiger partial charge is 0.0121 e. The Kier molecular flexibility index (Phi) is 2.43.